The second kappa shape index (κ2) is 16.1. The Balaban J connectivity index is 0.000000183. The normalized spacial score (nSPS) is 11.1. The van der Waals surface area contributed by atoms with E-state index in [-0.39, 0.29) is 5.41 Å². The fourth-order valence-electron chi connectivity index (χ4n) is 5.40. The molecule has 0 saturated heterocycles. The number of nitrogens with zero attached hydrogens (tertiary/aromatic N) is 2. The van der Waals surface area contributed by atoms with E-state index in [0.717, 1.165) is 32.9 Å². The molecule has 0 unspecified atom stereocenters. The molecule has 0 aliphatic heterocycles. The van der Waals surface area contributed by atoms with Crippen molar-refractivity contribution in [2.24, 2.45) is 3.50 Å². The first kappa shape index (κ1) is 34.9. The molecule has 3 nitrogen and oxygen atoms in total. The number of aryl methyl sites for hydroxylation is 2. The van der Waals surface area contributed by atoms with Crippen LogP contribution in [0.3, 0.4) is 0 Å². The van der Waals surface area contributed by atoms with E-state index in [0.29, 0.717) is 17.6 Å². The van der Waals surface area contributed by atoms with Gasteiger partial charge in [0.15, 0.2) is 0 Å². The average molecular weight is 692 g/mol. The number of phenolic OH excluding ortho intramolecular Hbond substituents is 1. The molecular weight excluding hydrogens is 644 g/mol. The zero-order chi connectivity index (χ0) is 33.3. The minimum atomic E-state index is -0.553. The SMILES string of the molecule is CC(C)c1cccc(C(C)C)c1[N]=[Mo]=[CH]C(C)(C)c1ccccc1.Cc1ccc(C)[n-]1.Oc1cccc2ccc3ccccc3c12. The van der Waals surface area contributed by atoms with Crippen LogP contribution in [0.2, 0.25) is 0 Å². The van der Waals surface area contributed by atoms with E-state index >= 15 is 0 Å². The number of aromatic hydroxyl groups is 1. The molecule has 238 valence electrons. The van der Waals surface area contributed by atoms with Crippen molar-refractivity contribution in [1.29, 1.82) is 0 Å². The Labute approximate surface area is 283 Å². The third-order valence-corrected chi connectivity index (χ3v) is 10.4. The number of hydrogen-bond donors (Lipinski definition) is 1. The maximum Gasteiger partial charge on any atom is 0.124 e. The van der Waals surface area contributed by atoms with E-state index in [9.17, 15) is 5.11 Å². The Morgan fingerprint density at radius 1 is 0.652 bits per heavy atom. The third-order valence-electron chi connectivity index (χ3n) is 8.02. The van der Waals surface area contributed by atoms with E-state index in [1.807, 2.05) is 62.4 Å². The third kappa shape index (κ3) is 9.08. The molecule has 0 radical (unpaired) electrons. The Morgan fingerprint density at radius 3 is 1.78 bits per heavy atom. The van der Waals surface area contributed by atoms with E-state index in [4.69, 9.17) is 3.50 Å². The Bertz CT molecular complexity index is 1900. The molecule has 0 spiro atoms. The van der Waals surface area contributed by atoms with Crippen LogP contribution in [0.1, 0.15) is 81.5 Å². The van der Waals surface area contributed by atoms with Crippen LogP contribution in [0.15, 0.2) is 119 Å². The molecule has 6 rings (SSSR count). The summed E-state index contributed by atoms with van der Waals surface area (Å²) in [4.78, 5) is 4.11. The molecule has 46 heavy (non-hydrogen) atoms. The monoisotopic (exact) mass is 693 g/mol. The first-order chi connectivity index (χ1) is 22.0. The number of rotatable bonds is 5. The van der Waals surface area contributed by atoms with Crippen LogP contribution in [0.4, 0.5) is 5.69 Å². The molecule has 0 aliphatic carbocycles. The second-order valence-corrected chi connectivity index (χ2v) is 14.4. The summed E-state index contributed by atoms with van der Waals surface area (Å²) in [6.45, 7) is 17.6. The summed E-state index contributed by atoms with van der Waals surface area (Å²) in [5, 5.41) is 14.2. The maximum absolute atomic E-state index is 9.87. The van der Waals surface area contributed by atoms with Crippen molar-refractivity contribution >= 4 is 31.6 Å². The van der Waals surface area contributed by atoms with Crippen LogP contribution >= 0.6 is 0 Å². The van der Waals surface area contributed by atoms with Gasteiger partial charge in [-0.3, -0.25) is 0 Å². The fraction of sp³-hybridized carbons (Fsp3) is 0.262. The van der Waals surface area contributed by atoms with Gasteiger partial charge in [-0.25, -0.2) is 0 Å². The van der Waals surface area contributed by atoms with E-state index < -0.39 is 17.9 Å². The summed E-state index contributed by atoms with van der Waals surface area (Å²) in [7, 11) is 0. The van der Waals surface area contributed by atoms with Crippen LogP contribution in [-0.2, 0) is 23.3 Å². The first-order valence-electron chi connectivity index (χ1n) is 16.0. The molecule has 6 aromatic rings. The van der Waals surface area contributed by atoms with Gasteiger partial charge < -0.3 is 10.1 Å². The van der Waals surface area contributed by atoms with Crippen molar-refractivity contribution in [3.05, 3.63) is 143 Å². The Kier molecular flexibility index (Phi) is 12.2. The zero-order valence-electron chi connectivity index (χ0n) is 28.5. The minimum absolute atomic E-state index is 0.0811. The van der Waals surface area contributed by atoms with Crippen molar-refractivity contribution in [2.75, 3.05) is 0 Å². The molecular formula is C42H47MoN2O-. The van der Waals surface area contributed by atoms with E-state index in [2.05, 4.69) is 112 Å². The Hall–Kier alpha value is -3.94. The van der Waals surface area contributed by atoms with Crippen LogP contribution in [0.25, 0.3) is 21.5 Å². The number of benzene rings is 5. The van der Waals surface area contributed by atoms with Crippen molar-refractivity contribution in [3.8, 4) is 5.75 Å². The van der Waals surface area contributed by atoms with Gasteiger partial charge in [-0.15, -0.1) is 0 Å². The van der Waals surface area contributed by atoms with Gasteiger partial charge >= 0.3 is 156 Å². The van der Waals surface area contributed by atoms with Gasteiger partial charge in [-0.2, -0.15) is 11.4 Å². The minimum Gasteiger partial charge on any atom is -0.665 e. The van der Waals surface area contributed by atoms with Crippen LogP contribution in [0.5, 0.6) is 5.75 Å². The molecule has 1 aromatic heterocycles. The summed E-state index contributed by atoms with van der Waals surface area (Å²) in [6.07, 6.45) is 0. The molecule has 0 fully saturated rings. The van der Waals surface area contributed by atoms with Crippen LogP contribution < -0.4 is 4.98 Å². The standard InChI is InChI=1S/C14H10O.C12H17N.C10H12.C6H8N.Mo/c15-13-7-3-5-11-9-8-10-4-1-2-6-12(10)14(11)13;1-8(2)10-6-5-7-11(9(3)4)12(10)13;1-10(2,3)9-7-5-4-6-8-9;1-5-3-4-6(2)7-5;/h1-9,15H;5-9H,1-4H3;1,4-8H,2-3H3;3-4H,1-2H3;/q;;;-1;. The van der Waals surface area contributed by atoms with Gasteiger partial charge in [0.1, 0.15) is 5.75 Å². The number of fused-ring (bicyclic) bond motifs is 3. The first-order valence-corrected chi connectivity index (χ1v) is 18.1. The average Bonchev–Trinajstić information content (AvgIpc) is 3.43. The van der Waals surface area contributed by atoms with E-state index in [1.54, 1.807) is 6.07 Å². The van der Waals surface area contributed by atoms with Gasteiger partial charge in [0.2, 0.25) is 0 Å². The zero-order valence-corrected chi connectivity index (χ0v) is 30.5. The molecule has 1 N–H and O–H groups in total. The van der Waals surface area contributed by atoms with Gasteiger partial charge in [-0.1, -0.05) is 74.5 Å². The van der Waals surface area contributed by atoms with Crippen molar-refractivity contribution < 1.29 is 23.0 Å². The molecule has 0 atom stereocenters. The predicted molar refractivity (Wildman–Crippen MR) is 195 cm³/mol. The fourth-order valence-corrected chi connectivity index (χ4v) is 7.29. The summed E-state index contributed by atoms with van der Waals surface area (Å²) >= 11 is -0.553. The number of hydrogen-bond acceptors (Lipinski definition) is 2. The van der Waals surface area contributed by atoms with Crippen molar-refractivity contribution in [2.45, 2.75) is 72.6 Å². The quantitative estimate of drug-likeness (QED) is 0.144. The number of phenols is 1. The molecule has 0 saturated carbocycles. The molecule has 4 heteroatoms. The summed E-state index contributed by atoms with van der Waals surface area (Å²) < 4.78 is 7.59. The van der Waals surface area contributed by atoms with E-state index in [1.165, 1.54) is 22.4 Å². The summed E-state index contributed by atoms with van der Waals surface area (Å²) in [5.41, 5.74) is 7.69. The molecule has 0 bridgehead atoms. The maximum atomic E-state index is 9.87. The summed E-state index contributed by atoms with van der Waals surface area (Å²) in [6, 6.07) is 39.3. The molecule has 0 aliphatic rings. The predicted octanol–water partition coefficient (Wildman–Crippen LogP) is 11.6. The van der Waals surface area contributed by atoms with Crippen molar-refractivity contribution in [1.82, 2.24) is 4.98 Å². The smallest absolute Gasteiger partial charge is 0.124 e. The molecule has 0 amide bonds. The topological polar surface area (TPSA) is 46.7 Å². The van der Waals surface area contributed by atoms with Gasteiger partial charge in [-0.05, 0) is 22.2 Å². The molecule has 5 aromatic carbocycles. The number of aromatic nitrogens is 1. The summed E-state index contributed by atoms with van der Waals surface area (Å²) in [5.74, 6) is 1.37. The molecule has 1 heterocycles. The Morgan fingerprint density at radius 2 is 1.20 bits per heavy atom. The van der Waals surface area contributed by atoms with Gasteiger partial charge in [0, 0.05) is 5.39 Å². The van der Waals surface area contributed by atoms with Crippen molar-refractivity contribution in [3.63, 3.8) is 0 Å². The van der Waals surface area contributed by atoms with Crippen LogP contribution in [-0.4, -0.2) is 9.51 Å². The van der Waals surface area contributed by atoms with Crippen LogP contribution in [0, 0.1) is 13.8 Å². The van der Waals surface area contributed by atoms with Gasteiger partial charge in [0.05, 0.1) is 0 Å². The largest absolute Gasteiger partial charge is 0.665 e. The second-order valence-electron chi connectivity index (χ2n) is 12.9. The van der Waals surface area contributed by atoms with Gasteiger partial charge in [0.25, 0.3) is 0 Å².